The Labute approximate surface area is 87.8 Å². The minimum atomic E-state index is -0.484. The van der Waals surface area contributed by atoms with Crippen molar-refractivity contribution in [3.8, 4) is 0 Å². The summed E-state index contributed by atoms with van der Waals surface area (Å²) < 4.78 is 0. The molecule has 15 heavy (non-hydrogen) atoms. The average molecular weight is 212 g/mol. The molecule has 0 radical (unpaired) electrons. The molecule has 1 aromatic rings. The zero-order valence-electron chi connectivity index (χ0n) is 8.90. The van der Waals surface area contributed by atoms with E-state index in [1.807, 2.05) is 13.8 Å². The third-order valence-electron chi connectivity index (χ3n) is 2.37. The van der Waals surface area contributed by atoms with Gasteiger partial charge in [-0.1, -0.05) is 25.5 Å². The van der Waals surface area contributed by atoms with Crippen molar-refractivity contribution in [3.63, 3.8) is 0 Å². The van der Waals surface area contributed by atoms with Crippen LogP contribution >= 0.6 is 0 Å². The van der Waals surface area contributed by atoms with Crippen LogP contribution in [0.25, 0.3) is 0 Å². The van der Waals surface area contributed by atoms with E-state index in [0.717, 1.165) is 6.42 Å². The fourth-order valence-corrected chi connectivity index (χ4v) is 1.05. The van der Waals surface area contributed by atoms with Gasteiger partial charge in [-0.05, 0) is 5.92 Å². The molecule has 1 rings (SSSR count). The first-order valence-corrected chi connectivity index (χ1v) is 4.90. The number of amides is 1. The number of hydrogen-bond acceptors (Lipinski definition) is 5. The van der Waals surface area contributed by atoms with Gasteiger partial charge in [0.1, 0.15) is 0 Å². The van der Waals surface area contributed by atoms with E-state index >= 15 is 0 Å². The molecule has 1 unspecified atom stereocenters. The molecule has 1 amide bonds. The fourth-order valence-electron chi connectivity index (χ4n) is 1.05. The number of nitrogens with one attached hydrogen (secondary N) is 2. The number of hydrogen-bond donors (Lipinski definition) is 3. The lowest BCUT2D eigenvalue weighted by Crippen LogP contribution is -2.44. The molecular weight excluding hydrogens is 196 g/mol. The van der Waals surface area contributed by atoms with Crippen LogP contribution in [-0.2, 0) is 11.3 Å². The molecule has 0 aliphatic heterocycles. The summed E-state index contributed by atoms with van der Waals surface area (Å²) in [6.45, 7) is 4.19. The number of aromatic nitrogens is 4. The Morgan fingerprint density at radius 3 is 2.93 bits per heavy atom. The summed E-state index contributed by atoms with van der Waals surface area (Å²) >= 11 is 0. The van der Waals surface area contributed by atoms with Crippen LogP contribution in [0.4, 0.5) is 0 Å². The zero-order valence-corrected chi connectivity index (χ0v) is 8.90. The molecule has 0 spiro atoms. The smallest absolute Gasteiger partial charge is 0.237 e. The van der Waals surface area contributed by atoms with Crippen molar-refractivity contribution in [2.45, 2.75) is 32.9 Å². The van der Waals surface area contributed by atoms with Crippen molar-refractivity contribution in [1.29, 1.82) is 0 Å². The molecule has 0 bridgehead atoms. The van der Waals surface area contributed by atoms with Gasteiger partial charge in [-0.15, -0.1) is 10.2 Å². The van der Waals surface area contributed by atoms with Crippen LogP contribution in [0.5, 0.6) is 0 Å². The molecule has 0 aliphatic rings. The molecule has 1 aromatic heterocycles. The largest absolute Gasteiger partial charge is 0.347 e. The molecular formula is C8H16N6O. The number of carbonyl (C=O) groups is 1. The molecule has 4 N–H and O–H groups in total. The minimum absolute atomic E-state index is 0.162. The number of rotatable bonds is 5. The van der Waals surface area contributed by atoms with Gasteiger partial charge in [0.2, 0.25) is 5.91 Å². The molecule has 0 saturated carbocycles. The Bertz CT molecular complexity index is 298. The van der Waals surface area contributed by atoms with Gasteiger partial charge in [-0.2, -0.15) is 5.21 Å². The van der Waals surface area contributed by atoms with Crippen molar-refractivity contribution < 1.29 is 4.79 Å². The first-order valence-electron chi connectivity index (χ1n) is 4.90. The van der Waals surface area contributed by atoms with Crippen molar-refractivity contribution in [2.24, 2.45) is 11.7 Å². The third-order valence-corrected chi connectivity index (χ3v) is 2.37. The van der Waals surface area contributed by atoms with Crippen LogP contribution in [0.2, 0.25) is 0 Å². The van der Waals surface area contributed by atoms with E-state index in [0.29, 0.717) is 5.82 Å². The van der Waals surface area contributed by atoms with E-state index < -0.39 is 6.04 Å². The van der Waals surface area contributed by atoms with Gasteiger partial charge in [0.15, 0.2) is 5.82 Å². The molecule has 2 atom stereocenters. The Kier molecular flexibility index (Phi) is 4.17. The maximum absolute atomic E-state index is 11.5. The van der Waals surface area contributed by atoms with Crippen LogP contribution in [-0.4, -0.2) is 32.6 Å². The molecule has 0 saturated heterocycles. The number of tetrazole rings is 1. The highest BCUT2D eigenvalue weighted by molar-refractivity contribution is 5.81. The quantitative estimate of drug-likeness (QED) is 0.591. The molecule has 0 aromatic carbocycles. The Morgan fingerprint density at radius 2 is 2.40 bits per heavy atom. The number of carbonyl (C=O) groups excluding carboxylic acids is 1. The summed E-state index contributed by atoms with van der Waals surface area (Å²) in [5.41, 5.74) is 5.73. The number of nitrogens with two attached hydrogens (primary N) is 1. The van der Waals surface area contributed by atoms with Crippen LogP contribution in [0.1, 0.15) is 26.1 Å². The van der Waals surface area contributed by atoms with Crippen molar-refractivity contribution in [2.75, 3.05) is 0 Å². The summed E-state index contributed by atoms with van der Waals surface area (Å²) in [5, 5.41) is 15.8. The lowest BCUT2D eigenvalue weighted by molar-refractivity contribution is -0.123. The summed E-state index contributed by atoms with van der Waals surface area (Å²) in [5.74, 6) is 0.420. The first kappa shape index (κ1) is 11.6. The standard InChI is InChI=1S/C8H16N6O/c1-3-5(2)7(9)8(15)10-4-6-11-13-14-12-6/h5,7H,3-4,9H2,1-2H3,(H,10,15)(H,11,12,13,14)/t5?,7-/m0/s1. The van der Waals surface area contributed by atoms with Crippen LogP contribution in [0.3, 0.4) is 0 Å². The number of nitrogens with zero attached hydrogens (tertiary/aromatic N) is 3. The van der Waals surface area contributed by atoms with Gasteiger partial charge in [0, 0.05) is 0 Å². The SMILES string of the molecule is CCC(C)[C@H](N)C(=O)NCc1nn[nH]n1. The molecule has 0 aliphatic carbocycles. The summed E-state index contributed by atoms with van der Waals surface area (Å²) in [7, 11) is 0. The van der Waals surface area contributed by atoms with Crippen molar-refractivity contribution in [3.05, 3.63) is 5.82 Å². The lowest BCUT2D eigenvalue weighted by atomic mass is 9.99. The second-order valence-corrected chi connectivity index (χ2v) is 3.46. The van der Waals surface area contributed by atoms with E-state index in [4.69, 9.17) is 5.73 Å². The van der Waals surface area contributed by atoms with Gasteiger partial charge in [0.05, 0.1) is 12.6 Å². The summed E-state index contributed by atoms with van der Waals surface area (Å²) in [4.78, 5) is 11.5. The van der Waals surface area contributed by atoms with E-state index in [-0.39, 0.29) is 18.4 Å². The number of aromatic amines is 1. The molecule has 7 heteroatoms. The molecule has 0 fully saturated rings. The average Bonchev–Trinajstić information content (AvgIpc) is 2.76. The third kappa shape index (κ3) is 3.28. The van der Waals surface area contributed by atoms with Crippen LogP contribution in [0, 0.1) is 5.92 Å². The lowest BCUT2D eigenvalue weighted by Gasteiger charge is -2.16. The van der Waals surface area contributed by atoms with E-state index in [9.17, 15) is 4.79 Å². The maximum atomic E-state index is 11.5. The zero-order chi connectivity index (χ0) is 11.3. The Balaban J connectivity index is 2.36. The molecule has 7 nitrogen and oxygen atoms in total. The monoisotopic (exact) mass is 212 g/mol. The van der Waals surface area contributed by atoms with Crippen molar-refractivity contribution in [1.82, 2.24) is 25.9 Å². The topological polar surface area (TPSA) is 110 Å². The predicted octanol–water partition coefficient (Wildman–Crippen LogP) is -0.811. The van der Waals surface area contributed by atoms with Crippen molar-refractivity contribution >= 4 is 5.91 Å². The second kappa shape index (κ2) is 5.40. The molecule has 84 valence electrons. The Morgan fingerprint density at radius 1 is 1.67 bits per heavy atom. The maximum Gasteiger partial charge on any atom is 0.237 e. The Hall–Kier alpha value is -1.50. The van der Waals surface area contributed by atoms with E-state index in [1.54, 1.807) is 0 Å². The number of H-pyrrole nitrogens is 1. The first-order chi connectivity index (χ1) is 7.15. The highest BCUT2D eigenvalue weighted by Crippen LogP contribution is 2.04. The summed E-state index contributed by atoms with van der Waals surface area (Å²) in [6.07, 6.45) is 0.872. The van der Waals surface area contributed by atoms with Gasteiger partial charge in [-0.3, -0.25) is 4.79 Å². The van der Waals surface area contributed by atoms with Gasteiger partial charge >= 0.3 is 0 Å². The minimum Gasteiger partial charge on any atom is -0.347 e. The highest BCUT2D eigenvalue weighted by Gasteiger charge is 2.19. The predicted molar refractivity (Wildman–Crippen MR) is 53.5 cm³/mol. The molecule has 1 heterocycles. The van der Waals surface area contributed by atoms with Gasteiger partial charge in [-0.25, -0.2) is 0 Å². The van der Waals surface area contributed by atoms with Gasteiger partial charge in [0.25, 0.3) is 0 Å². The van der Waals surface area contributed by atoms with Gasteiger partial charge < -0.3 is 11.1 Å². The van der Waals surface area contributed by atoms with Crippen LogP contribution < -0.4 is 11.1 Å². The fraction of sp³-hybridized carbons (Fsp3) is 0.750. The summed E-state index contributed by atoms with van der Waals surface area (Å²) in [6, 6.07) is -0.484. The second-order valence-electron chi connectivity index (χ2n) is 3.46. The van der Waals surface area contributed by atoms with E-state index in [1.165, 1.54) is 0 Å². The van der Waals surface area contributed by atoms with Crippen LogP contribution in [0.15, 0.2) is 0 Å². The van der Waals surface area contributed by atoms with E-state index in [2.05, 4.69) is 25.9 Å². The highest BCUT2D eigenvalue weighted by atomic mass is 16.2. The normalized spacial score (nSPS) is 14.6.